The number of amides is 1. The number of carbonyl (C=O) groups excluding carboxylic acids is 1. The van der Waals surface area contributed by atoms with Gasteiger partial charge in [0.05, 0.1) is 19.6 Å². The van der Waals surface area contributed by atoms with Gasteiger partial charge in [0.25, 0.3) is 0 Å². The van der Waals surface area contributed by atoms with Crippen LogP contribution in [-0.2, 0) is 11.3 Å². The Morgan fingerprint density at radius 1 is 1.17 bits per heavy atom. The van der Waals surface area contributed by atoms with Crippen molar-refractivity contribution in [3.63, 3.8) is 0 Å². The van der Waals surface area contributed by atoms with Crippen LogP contribution in [0.25, 0.3) is 0 Å². The van der Waals surface area contributed by atoms with Crippen LogP contribution in [0.1, 0.15) is 30.5 Å². The highest BCUT2D eigenvalue weighted by molar-refractivity contribution is 5.85. The standard InChI is InChI=1S/C22H29N5O3/c1-15-12-18(25-21(23)24-15)27-11-9-22(14-27)8-5-10-26(20(22)28)13-16-6-4-7-17(29-2)19(16)30-3/h4,6-7,12H,5,8-11,13-14H2,1-3H3,(H2,23,24,25)/t22-/m1/s1. The van der Waals surface area contributed by atoms with E-state index in [0.717, 1.165) is 49.4 Å². The van der Waals surface area contributed by atoms with Gasteiger partial charge in [-0.1, -0.05) is 12.1 Å². The van der Waals surface area contributed by atoms with E-state index in [1.165, 1.54) is 0 Å². The fourth-order valence-corrected chi connectivity index (χ4v) is 4.77. The molecule has 2 fully saturated rings. The summed E-state index contributed by atoms with van der Waals surface area (Å²) >= 11 is 0. The molecule has 2 aliphatic heterocycles. The van der Waals surface area contributed by atoms with E-state index in [9.17, 15) is 4.79 Å². The summed E-state index contributed by atoms with van der Waals surface area (Å²) in [7, 11) is 3.25. The first kappa shape index (κ1) is 20.3. The van der Waals surface area contributed by atoms with Crippen molar-refractivity contribution in [2.24, 2.45) is 5.41 Å². The Labute approximate surface area is 177 Å². The number of aromatic nitrogens is 2. The molecular formula is C22H29N5O3. The Morgan fingerprint density at radius 2 is 2.00 bits per heavy atom. The first-order chi connectivity index (χ1) is 14.5. The van der Waals surface area contributed by atoms with Crippen molar-refractivity contribution in [3.05, 3.63) is 35.5 Å². The predicted molar refractivity (Wildman–Crippen MR) is 115 cm³/mol. The molecule has 2 N–H and O–H groups in total. The maximum Gasteiger partial charge on any atom is 0.230 e. The van der Waals surface area contributed by atoms with E-state index >= 15 is 0 Å². The molecule has 3 heterocycles. The van der Waals surface area contributed by atoms with Crippen molar-refractivity contribution >= 4 is 17.7 Å². The van der Waals surface area contributed by atoms with Crippen LogP contribution >= 0.6 is 0 Å². The van der Waals surface area contributed by atoms with Gasteiger partial charge in [-0.15, -0.1) is 0 Å². The summed E-state index contributed by atoms with van der Waals surface area (Å²) in [5, 5.41) is 0. The summed E-state index contributed by atoms with van der Waals surface area (Å²) in [5.74, 6) is 2.65. The first-order valence-corrected chi connectivity index (χ1v) is 10.3. The third-order valence-electron chi connectivity index (χ3n) is 6.21. The Balaban J connectivity index is 1.54. The number of likely N-dealkylation sites (tertiary alicyclic amines) is 1. The molecule has 1 amide bonds. The van der Waals surface area contributed by atoms with Crippen LogP contribution < -0.4 is 20.1 Å². The monoisotopic (exact) mass is 411 g/mol. The third kappa shape index (κ3) is 3.62. The Bertz CT molecular complexity index is 930. The molecular weight excluding hydrogens is 382 g/mol. The van der Waals surface area contributed by atoms with Gasteiger partial charge < -0.3 is 25.0 Å². The van der Waals surface area contributed by atoms with Gasteiger partial charge in [-0.2, -0.15) is 4.98 Å². The molecule has 0 radical (unpaired) electrons. The molecule has 1 spiro atoms. The summed E-state index contributed by atoms with van der Waals surface area (Å²) in [6, 6.07) is 7.72. The number of para-hydroxylation sites is 1. The highest BCUT2D eigenvalue weighted by Gasteiger charge is 2.48. The number of nitrogen functional groups attached to an aromatic ring is 1. The molecule has 2 aromatic rings. The largest absolute Gasteiger partial charge is 0.493 e. The minimum Gasteiger partial charge on any atom is -0.493 e. The van der Waals surface area contributed by atoms with Gasteiger partial charge in [0.15, 0.2) is 11.5 Å². The number of rotatable bonds is 5. The molecule has 0 aliphatic carbocycles. The lowest BCUT2D eigenvalue weighted by atomic mass is 9.78. The molecule has 0 saturated carbocycles. The minimum absolute atomic E-state index is 0.208. The number of nitrogens with two attached hydrogens (primary N) is 1. The first-order valence-electron chi connectivity index (χ1n) is 10.3. The van der Waals surface area contributed by atoms with Gasteiger partial charge in [0.1, 0.15) is 5.82 Å². The SMILES string of the molecule is COc1cccc(CN2CCC[C@]3(CCN(c4cc(C)nc(N)n4)C3)C2=O)c1OC. The number of methoxy groups -OCH3 is 2. The summed E-state index contributed by atoms with van der Waals surface area (Å²) < 4.78 is 11.0. The van der Waals surface area contributed by atoms with E-state index < -0.39 is 0 Å². The zero-order valence-corrected chi connectivity index (χ0v) is 17.9. The van der Waals surface area contributed by atoms with E-state index in [1.807, 2.05) is 36.1 Å². The number of hydrogen-bond donors (Lipinski definition) is 1. The lowest BCUT2D eigenvalue weighted by Gasteiger charge is -2.39. The van der Waals surface area contributed by atoms with Gasteiger partial charge in [-0.25, -0.2) is 4.98 Å². The fraction of sp³-hybridized carbons (Fsp3) is 0.500. The molecule has 1 atom stereocenters. The maximum atomic E-state index is 13.6. The Kier molecular flexibility index (Phi) is 5.40. The van der Waals surface area contributed by atoms with Gasteiger partial charge in [-0.3, -0.25) is 4.79 Å². The number of anilines is 2. The Morgan fingerprint density at radius 3 is 2.73 bits per heavy atom. The van der Waals surface area contributed by atoms with Gasteiger partial charge in [0, 0.05) is 43.5 Å². The highest BCUT2D eigenvalue weighted by Crippen LogP contribution is 2.42. The molecule has 2 saturated heterocycles. The number of ether oxygens (including phenoxy) is 2. The van der Waals surface area contributed by atoms with Crippen molar-refractivity contribution < 1.29 is 14.3 Å². The molecule has 0 bridgehead atoms. The van der Waals surface area contributed by atoms with Gasteiger partial charge in [0.2, 0.25) is 11.9 Å². The van der Waals surface area contributed by atoms with E-state index in [-0.39, 0.29) is 17.3 Å². The summed E-state index contributed by atoms with van der Waals surface area (Å²) in [6.07, 6.45) is 2.70. The van der Waals surface area contributed by atoms with E-state index in [0.29, 0.717) is 24.6 Å². The topological polar surface area (TPSA) is 93.8 Å². The minimum atomic E-state index is -0.377. The number of piperidine rings is 1. The summed E-state index contributed by atoms with van der Waals surface area (Å²) in [4.78, 5) is 26.3. The highest BCUT2D eigenvalue weighted by atomic mass is 16.5. The molecule has 1 aromatic carbocycles. The van der Waals surface area contributed by atoms with Crippen LogP contribution in [0.2, 0.25) is 0 Å². The second-order valence-electron chi connectivity index (χ2n) is 8.16. The molecule has 8 nitrogen and oxygen atoms in total. The number of aryl methyl sites for hydroxylation is 1. The van der Waals surface area contributed by atoms with Crippen LogP contribution in [0.5, 0.6) is 11.5 Å². The van der Waals surface area contributed by atoms with Crippen LogP contribution in [0.15, 0.2) is 24.3 Å². The van der Waals surface area contributed by atoms with E-state index in [4.69, 9.17) is 15.2 Å². The van der Waals surface area contributed by atoms with Crippen molar-refractivity contribution in [2.75, 3.05) is 44.5 Å². The van der Waals surface area contributed by atoms with Crippen LogP contribution in [-0.4, -0.2) is 54.6 Å². The maximum absolute atomic E-state index is 13.6. The molecule has 0 unspecified atom stereocenters. The number of benzene rings is 1. The number of hydrogen-bond acceptors (Lipinski definition) is 7. The zero-order chi connectivity index (χ0) is 21.3. The quantitative estimate of drug-likeness (QED) is 0.807. The van der Waals surface area contributed by atoms with Gasteiger partial charge >= 0.3 is 0 Å². The van der Waals surface area contributed by atoms with Crippen LogP contribution in [0.4, 0.5) is 11.8 Å². The van der Waals surface area contributed by atoms with Crippen molar-refractivity contribution in [3.8, 4) is 11.5 Å². The van der Waals surface area contributed by atoms with Crippen molar-refractivity contribution in [1.29, 1.82) is 0 Å². The summed E-state index contributed by atoms with van der Waals surface area (Å²) in [5.41, 5.74) is 7.25. The van der Waals surface area contributed by atoms with Crippen LogP contribution in [0, 0.1) is 12.3 Å². The number of nitrogens with zero attached hydrogens (tertiary/aromatic N) is 4. The second-order valence-corrected chi connectivity index (χ2v) is 8.16. The molecule has 2 aliphatic rings. The predicted octanol–water partition coefficient (Wildman–Crippen LogP) is 2.40. The second kappa shape index (κ2) is 8.01. The average Bonchev–Trinajstić information content (AvgIpc) is 3.15. The number of carbonyl (C=O) groups is 1. The Hall–Kier alpha value is -3.03. The normalized spacial score (nSPS) is 21.4. The third-order valence-corrected chi connectivity index (χ3v) is 6.21. The fourth-order valence-electron chi connectivity index (χ4n) is 4.77. The average molecular weight is 412 g/mol. The smallest absolute Gasteiger partial charge is 0.230 e. The zero-order valence-electron chi connectivity index (χ0n) is 17.9. The van der Waals surface area contributed by atoms with E-state index in [2.05, 4.69) is 14.9 Å². The van der Waals surface area contributed by atoms with Crippen molar-refractivity contribution in [1.82, 2.24) is 14.9 Å². The lowest BCUT2D eigenvalue weighted by Crippen LogP contribution is -2.49. The van der Waals surface area contributed by atoms with Gasteiger partial charge in [-0.05, 0) is 32.3 Å². The summed E-state index contributed by atoms with van der Waals surface area (Å²) in [6.45, 7) is 4.62. The van der Waals surface area contributed by atoms with Crippen molar-refractivity contribution in [2.45, 2.75) is 32.7 Å². The molecule has 160 valence electrons. The lowest BCUT2D eigenvalue weighted by molar-refractivity contribution is -0.145. The van der Waals surface area contributed by atoms with Crippen LogP contribution in [0.3, 0.4) is 0 Å². The molecule has 4 rings (SSSR count). The molecule has 30 heavy (non-hydrogen) atoms. The molecule has 1 aromatic heterocycles. The molecule has 8 heteroatoms. The van der Waals surface area contributed by atoms with E-state index in [1.54, 1.807) is 14.2 Å².